The monoisotopic (exact) mass is 669 g/mol. The molecule has 1 aliphatic rings. The molecule has 0 amide bonds. The van der Waals surface area contributed by atoms with E-state index in [1.807, 2.05) is 0 Å². The summed E-state index contributed by atoms with van der Waals surface area (Å²) in [6.07, 6.45) is -0.181. The fraction of sp³-hybridized carbons (Fsp3) is 0.143. The SMILES string of the molecule is CCOC1c2ccccc2C(OCC)c2cc(Sc3ccc([S+](c4ccccc4)c4ccc(Sc5ccccc5)cc4)cc3)ccc21. The van der Waals surface area contributed by atoms with E-state index in [1.54, 1.807) is 23.5 Å². The molecule has 6 aromatic carbocycles. The van der Waals surface area contributed by atoms with Gasteiger partial charge in [-0.15, -0.1) is 0 Å². The summed E-state index contributed by atoms with van der Waals surface area (Å²) in [6.45, 7) is 5.43. The Bertz CT molecular complexity index is 1910. The van der Waals surface area contributed by atoms with Crippen molar-refractivity contribution in [1.82, 2.24) is 0 Å². The molecule has 0 aromatic heterocycles. The summed E-state index contributed by atoms with van der Waals surface area (Å²) in [5.74, 6) is 0. The number of hydrogen-bond donors (Lipinski definition) is 0. The van der Waals surface area contributed by atoms with Gasteiger partial charge in [0.05, 0.1) is 10.9 Å². The maximum absolute atomic E-state index is 6.37. The second kappa shape index (κ2) is 15.0. The molecule has 47 heavy (non-hydrogen) atoms. The zero-order valence-electron chi connectivity index (χ0n) is 26.5. The summed E-state index contributed by atoms with van der Waals surface area (Å²) in [5, 5.41) is 0. The van der Waals surface area contributed by atoms with Crippen molar-refractivity contribution in [2.75, 3.05) is 13.2 Å². The van der Waals surface area contributed by atoms with E-state index < -0.39 is 0 Å². The van der Waals surface area contributed by atoms with Gasteiger partial charge in [-0.25, -0.2) is 0 Å². The lowest BCUT2D eigenvalue weighted by molar-refractivity contribution is 0.0584. The maximum atomic E-state index is 6.37. The van der Waals surface area contributed by atoms with Gasteiger partial charge in [0.2, 0.25) is 0 Å². The Balaban J connectivity index is 1.15. The van der Waals surface area contributed by atoms with Crippen molar-refractivity contribution in [2.24, 2.45) is 0 Å². The third kappa shape index (κ3) is 7.11. The van der Waals surface area contributed by atoms with Crippen molar-refractivity contribution in [3.63, 3.8) is 0 Å². The first-order chi connectivity index (χ1) is 23.2. The summed E-state index contributed by atoms with van der Waals surface area (Å²) < 4.78 is 12.7. The Morgan fingerprint density at radius 2 is 0.830 bits per heavy atom. The van der Waals surface area contributed by atoms with Crippen LogP contribution in [0.4, 0.5) is 0 Å². The van der Waals surface area contributed by atoms with Crippen molar-refractivity contribution in [3.8, 4) is 0 Å². The van der Waals surface area contributed by atoms with E-state index in [9.17, 15) is 0 Å². The first-order valence-electron chi connectivity index (χ1n) is 16.1. The zero-order valence-corrected chi connectivity index (χ0v) is 29.0. The van der Waals surface area contributed by atoms with E-state index >= 15 is 0 Å². The van der Waals surface area contributed by atoms with Crippen LogP contribution in [0.1, 0.15) is 48.3 Å². The number of hydrogen-bond acceptors (Lipinski definition) is 4. The maximum Gasteiger partial charge on any atom is 0.166 e. The minimum absolute atomic E-state index is 0.0804. The topological polar surface area (TPSA) is 18.5 Å². The highest BCUT2D eigenvalue weighted by Gasteiger charge is 2.33. The van der Waals surface area contributed by atoms with Gasteiger partial charge in [0.1, 0.15) is 12.2 Å². The standard InChI is InChI=1S/C42H37O2S3/c1-3-43-41-37-17-11-12-18-38(37)42(44-4-2)40-29-33(23-28-39(40)41)46-32-21-26-36(27-22-32)47(34-15-9-6-10-16-34)35-24-19-31(20-25-35)45-30-13-7-5-8-14-30/h5-29,41-42H,3-4H2,1-2H3/q+1. The van der Waals surface area contributed by atoms with Gasteiger partial charge in [-0.2, -0.15) is 0 Å². The molecule has 0 fully saturated rings. The van der Waals surface area contributed by atoms with E-state index in [-0.39, 0.29) is 23.1 Å². The molecule has 0 bridgehead atoms. The second-order valence-electron chi connectivity index (χ2n) is 11.2. The average Bonchev–Trinajstić information content (AvgIpc) is 3.12. The Morgan fingerprint density at radius 3 is 1.38 bits per heavy atom. The van der Waals surface area contributed by atoms with Crippen LogP contribution < -0.4 is 0 Å². The molecular weight excluding hydrogens is 633 g/mol. The van der Waals surface area contributed by atoms with Gasteiger partial charge in [-0.3, -0.25) is 0 Å². The number of rotatable bonds is 11. The van der Waals surface area contributed by atoms with Crippen molar-refractivity contribution in [3.05, 3.63) is 174 Å². The Kier molecular flexibility index (Phi) is 10.2. The fourth-order valence-corrected chi connectivity index (χ4v) is 9.88. The largest absolute Gasteiger partial charge is 0.369 e. The van der Waals surface area contributed by atoms with Crippen LogP contribution in [0.3, 0.4) is 0 Å². The highest BCUT2D eigenvalue weighted by atomic mass is 32.2. The molecule has 3 unspecified atom stereocenters. The second-order valence-corrected chi connectivity index (χ2v) is 15.5. The van der Waals surface area contributed by atoms with Gasteiger partial charge in [0.25, 0.3) is 0 Å². The fourth-order valence-electron chi connectivity index (χ4n) is 6.11. The molecule has 0 aliphatic heterocycles. The first kappa shape index (κ1) is 31.9. The predicted octanol–water partition coefficient (Wildman–Crippen LogP) is 11.6. The summed E-state index contributed by atoms with van der Waals surface area (Å²) in [6, 6.07) is 54.9. The van der Waals surface area contributed by atoms with Gasteiger partial charge in [0.15, 0.2) is 14.7 Å². The normalized spacial score (nSPS) is 15.9. The third-order valence-corrected chi connectivity index (χ3v) is 12.4. The van der Waals surface area contributed by atoms with Crippen LogP contribution in [0.25, 0.3) is 0 Å². The predicted molar refractivity (Wildman–Crippen MR) is 196 cm³/mol. The van der Waals surface area contributed by atoms with Crippen molar-refractivity contribution < 1.29 is 9.47 Å². The summed E-state index contributed by atoms with van der Waals surface area (Å²) in [7, 11) is -0.209. The molecule has 0 saturated carbocycles. The minimum Gasteiger partial charge on any atom is -0.369 e. The van der Waals surface area contributed by atoms with E-state index in [2.05, 4.69) is 166 Å². The van der Waals surface area contributed by atoms with Crippen LogP contribution in [0.5, 0.6) is 0 Å². The van der Waals surface area contributed by atoms with Gasteiger partial charge >= 0.3 is 0 Å². The Morgan fingerprint density at radius 1 is 0.426 bits per heavy atom. The third-order valence-electron chi connectivity index (χ3n) is 8.16. The van der Waals surface area contributed by atoms with Crippen molar-refractivity contribution >= 4 is 34.4 Å². The molecule has 7 rings (SSSR count). The lowest BCUT2D eigenvalue weighted by Gasteiger charge is -2.34. The zero-order chi connectivity index (χ0) is 32.0. The Hall–Kier alpha value is -3.71. The van der Waals surface area contributed by atoms with E-state index in [0.717, 1.165) is 0 Å². The van der Waals surface area contributed by atoms with E-state index in [4.69, 9.17) is 9.47 Å². The molecule has 3 atom stereocenters. The lowest BCUT2D eigenvalue weighted by Crippen LogP contribution is -2.22. The minimum atomic E-state index is -0.209. The first-order valence-corrected chi connectivity index (χ1v) is 18.9. The smallest absolute Gasteiger partial charge is 0.166 e. The molecule has 5 heteroatoms. The van der Waals surface area contributed by atoms with Gasteiger partial charge in [-0.05, 0) is 121 Å². The molecule has 1 aliphatic carbocycles. The Labute approximate surface area is 289 Å². The summed E-state index contributed by atoms with van der Waals surface area (Å²) in [5.41, 5.74) is 4.80. The summed E-state index contributed by atoms with van der Waals surface area (Å²) in [4.78, 5) is 8.85. The molecule has 6 aromatic rings. The van der Waals surface area contributed by atoms with Crippen LogP contribution in [0, 0.1) is 0 Å². The molecule has 234 valence electrons. The van der Waals surface area contributed by atoms with Crippen molar-refractivity contribution in [2.45, 2.75) is 60.3 Å². The van der Waals surface area contributed by atoms with Crippen LogP contribution in [0.15, 0.2) is 186 Å². The molecule has 0 saturated heterocycles. The lowest BCUT2D eigenvalue weighted by atomic mass is 9.82. The molecule has 0 heterocycles. The number of benzene rings is 6. The van der Waals surface area contributed by atoms with Crippen molar-refractivity contribution in [1.29, 1.82) is 0 Å². The average molecular weight is 670 g/mol. The van der Waals surface area contributed by atoms with Gasteiger partial charge < -0.3 is 9.47 Å². The van der Waals surface area contributed by atoms with E-state index in [0.29, 0.717) is 13.2 Å². The quantitative estimate of drug-likeness (QED) is 0.128. The van der Waals surface area contributed by atoms with Crippen LogP contribution in [0.2, 0.25) is 0 Å². The molecule has 0 spiro atoms. The number of fused-ring (bicyclic) bond motifs is 2. The highest BCUT2D eigenvalue weighted by Crippen LogP contribution is 2.46. The molecule has 0 radical (unpaired) electrons. The van der Waals surface area contributed by atoms with Crippen LogP contribution in [-0.2, 0) is 20.4 Å². The van der Waals surface area contributed by atoms with E-state index in [1.165, 1.54) is 56.5 Å². The summed E-state index contributed by atoms with van der Waals surface area (Å²) >= 11 is 3.59. The highest BCUT2D eigenvalue weighted by molar-refractivity contribution is 7.99. The van der Waals surface area contributed by atoms with Crippen LogP contribution >= 0.6 is 23.5 Å². The van der Waals surface area contributed by atoms with Gasteiger partial charge in [0, 0.05) is 32.8 Å². The molecule has 0 N–H and O–H groups in total. The number of ether oxygens (including phenoxy) is 2. The van der Waals surface area contributed by atoms with Gasteiger partial charge in [-0.1, -0.05) is 90.3 Å². The van der Waals surface area contributed by atoms with Crippen LogP contribution in [-0.4, -0.2) is 13.2 Å². The molecular formula is C42H37O2S3+. The molecule has 2 nitrogen and oxygen atoms in total.